The van der Waals surface area contributed by atoms with E-state index in [-0.39, 0.29) is 16.9 Å². The molecule has 0 saturated carbocycles. The third-order valence-corrected chi connectivity index (χ3v) is 4.00. The third kappa shape index (κ3) is 2.81. The maximum absolute atomic E-state index is 13.8. The fourth-order valence-corrected chi connectivity index (χ4v) is 2.54. The van der Waals surface area contributed by atoms with Gasteiger partial charge in [0.2, 0.25) is 0 Å². The number of ether oxygens (including phenoxy) is 1. The van der Waals surface area contributed by atoms with Crippen molar-refractivity contribution >= 4 is 17.3 Å². The summed E-state index contributed by atoms with van der Waals surface area (Å²) in [6, 6.07) is 2.00. The quantitative estimate of drug-likeness (QED) is 0.487. The molecule has 0 N–H and O–H groups in total. The van der Waals surface area contributed by atoms with E-state index < -0.39 is 16.7 Å². The van der Waals surface area contributed by atoms with E-state index in [0.29, 0.717) is 24.9 Å². The number of hydrogen-bond donors (Lipinski definition) is 0. The van der Waals surface area contributed by atoms with E-state index in [1.165, 1.54) is 6.07 Å². The van der Waals surface area contributed by atoms with E-state index in [9.17, 15) is 19.3 Å². The molecule has 2 unspecified atom stereocenters. The summed E-state index contributed by atoms with van der Waals surface area (Å²) in [5.74, 6) is -1.05. The Balaban J connectivity index is 2.51. The second-order valence-corrected chi connectivity index (χ2v) is 5.43. The number of benzene rings is 1. The molecular weight excluding hydrogens is 279 g/mol. The highest BCUT2D eigenvalue weighted by Gasteiger charge is 2.32. The highest BCUT2D eigenvalue weighted by molar-refractivity contribution is 5.92. The number of nitro groups is 1. The lowest BCUT2D eigenvalue weighted by Gasteiger charge is -2.19. The molecule has 1 saturated heterocycles. The molecule has 7 heteroatoms. The Bertz CT molecular complexity index is 581. The number of nitrogens with zero attached hydrogens (tertiary/aromatic N) is 2. The summed E-state index contributed by atoms with van der Waals surface area (Å²) >= 11 is 0. The molecule has 21 heavy (non-hydrogen) atoms. The number of nitro benzene ring substituents is 1. The lowest BCUT2D eigenvalue weighted by atomic mass is 10.0. The van der Waals surface area contributed by atoms with E-state index >= 15 is 0 Å². The van der Waals surface area contributed by atoms with Crippen LogP contribution in [0, 0.1) is 27.8 Å². The summed E-state index contributed by atoms with van der Waals surface area (Å²) < 4.78 is 18.4. The minimum atomic E-state index is -0.947. The van der Waals surface area contributed by atoms with Gasteiger partial charge in [-0.15, -0.1) is 0 Å². The molecule has 0 bridgehead atoms. The average molecular weight is 296 g/mol. The van der Waals surface area contributed by atoms with Crippen molar-refractivity contribution in [1.82, 2.24) is 0 Å². The van der Waals surface area contributed by atoms with Crippen molar-refractivity contribution in [1.29, 1.82) is 0 Å². The second kappa shape index (κ2) is 5.67. The Hall–Kier alpha value is -2.18. The van der Waals surface area contributed by atoms with Crippen LogP contribution < -0.4 is 4.90 Å². The van der Waals surface area contributed by atoms with E-state index in [4.69, 9.17) is 0 Å². The van der Waals surface area contributed by atoms with Crippen LogP contribution in [0.25, 0.3) is 0 Å². The Kier molecular flexibility index (Phi) is 4.11. The molecule has 1 aliphatic heterocycles. The van der Waals surface area contributed by atoms with Gasteiger partial charge in [0.05, 0.1) is 23.7 Å². The summed E-state index contributed by atoms with van der Waals surface area (Å²) in [5, 5.41) is 11.1. The smallest absolute Gasteiger partial charge is 0.340 e. The number of esters is 1. The Labute approximate surface area is 121 Å². The number of halogens is 1. The molecule has 114 valence electrons. The van der Waals surface area contributed by atoms with Crippen molar-refractivity contribution < 1.29 is 18.8 Å². The fourth-order valence-electron chi connectivity index (χ4n) is 2.54. The van der Waals surface area contributed by atoms with Crippen LogP contribution in [-0.4, -0.2) is 31.1 Å². The maximum atomic E-state index is 13.8. The molecule has 0 radical (unpaired) electrons. The van der Waals surface area contributed by atoms with Crippen molar-refractivity contribution in [2.24, 2.45) is 11.8 Å². The van der Waals surface area contributed by atoms with Crippen LogP contribution in [0.4, 0.5) is 15.8 Å². The molecule has 1 aromatic rings. The molecule has 1 aliphatic rings. The predicted octanol–water partition coefficient (Wildman–Crippen LogP) is 2.61. The van der Waals surface area contributed by atoms with Gasteiger partial charge in [-0.05, 0) is 17.9 Å². The van der Waals surface area contributed by atoms with Crippen molar-refractivity contribution in [2.75, 3.05) is 25.1 Å². The van der Waals surface area contributed by atoms with Gasteiger partial charge < -0.3 is 9.64 Å². The standard InChI is InChI=1S/C14H17FN2O4/c1-8-6-16(7-9(8)2)12-4-10(14(18)21-3)11(15)5-13(12)17(19)20/h4-5,8-9H,6-7H2,1-3H3. The SMILES string of the molecule is COC(=O)c1cc(N2CC(C)C(C)C2)c([N+](=O)[O-])cc1F. The Morgan fingerprint density at radius 2 is 1.95 bits per heavy atom. The van der Waals surface area contributed by atoms with E-state index in [1.807, 2.05) is 4.90 Å². The number of rotatable bonds is 3. The van der Waals surface area contributed by atoms with Gasteiger partial charge >= 0.3 is 5.97 Å². The minimum absolute atomic E-state index is 0.262. The first kappa shape index (κ1) is 15.2. The molecule has 1 fully saturated rings. The van der Waals surface area contributed by atoms with Crippen LogP contribution in [0.3, 0.4) is 0 Å². The Morgan fingerprint density at radius 1 is 1.38 bits per heavy atom. The summed E-state index contributed by atoms with van der Waals surface area (Å²) in [6.07, 6.45) is 0. The van der Waals surface area contributed by atoms with Crippen LogP contribution in [0.1, 0.15) is 24.2 Å². The van der Waals surface area contributed by atoms with Gasteiger partial charge in [0.1, 0.15) is 11.5 Å². The molecule has 2 rings (SSSR count). The molecule has 1 heterocycles. The van der Waals surface area contributed by atoms with Crippen LogP contribution >= 0.6 is 0 Å². The van der Waals surface area contributed by atoms with Crippen LogP contribution in [0.15, 0.2) is 12.1 Å². The molecular formula is C14H17FN2O4. The molecule has 2 atom stereocenters. The highest BCUT2D eigenvalue weighted by atomic mass is 19.1. The molecule has 0 aromatic heterocycles. The van der Waals surface area contributed by atoms with Gasteiger partial charge in [0.25, 0.3) is 5.69 Å². The van der Waals surface area contributed by atoms with Gasteiger partial charge in [-0.2, -0.15) is 0 Å². The summed E-state index contributed by atoms with van der Waals surface area (Å²) in [7, 11) is 1.14. The van der Waals surface area contributed by atoms with Crippen LogP contribution in [0.2, 0.25) is 0 Å². The number of carbonyl (C=O) groups is 1. The normalized spacial score (nSPS) is 21.4. The zero-order chi connectivity index (χ0) is 15.7. The number of anilines is 1. The van der Waals surface area contributed by atoms with Crippen molar-refractivity contribution in [3.05, 3.63) is 33.6 Å². The van der Waals surface area contributed by atoms with Crippen LogP contribution in [0.5, 0.6) is 0 Å². The van der Waals surface area contributed by atoms with Gasteiger partial charge in [0.15, 0.2) is 0 Å². The fraction of sp³-hybridized carbons (Fsp3) is 0.500. The van der Waals surface area contributed by atoms with Crippen molar-refractivity contribution in [3.63, 3.8) is 0 Å². The summed E-state index contributed by atoms with van der Waals surface area (Å²) in [5.41, 5.74) is -0.357. The summed E-state index contributed by atoms with van der Waals surface area (Å²) in [6.45, 7) is 5.38. The van der Waals surface area contributed by atoms with Gasteiger partial charge in [-0.25, -0.2) is 9.18 Å². The van der Waals surface area contributed by atoms with Crippen LogP contribution in [-0.2, 0) is 4.74 Å². The van der Waals surface area contributed by atoms with Gasteiger partial charge in [-0.1, -0.05) is 13.8 Å². The number of methoxy groups -OCH3 is 1. The Morgan fingerprint density at radius 3 is 2.43 bits per heavy atom. The largest absolute Gasteiger partial charge is 0.465 e. The molecule has 0 spiro atoms. The minimum Gasteiger partial charge on any atom is -0.465 e. The number of hydrogen-bond acceptors (Lipinski definition) is 5. The third-order valence-electron chi connectivity index (χ3n) is 4.00. The molecule has 6 nitrogen and oxygen atoms in total. The lowest BCUT2D eigenvalue weighted by Crippen LogP contribution is -2.21. The number of carbonyl (C=O) groups excluding carboxylic acids is 1. The van der Waals surface area contributed by atoms with Crippen molar-refractivity contribution in [3.8, 4) is 0 Å². The van der Waals surface area contributed by atoms with Gasteiger partial charge in [-0.3, -0.25) is 10.1 Å². The van der Waals surface area contributed by atoms with E-state index in [1.54, 1.807) is 0 Å². The topological polar surface area (TPSA) is 72.7 Å². The lowest BCUT2D eigenvalue weighted by molar-refractivity contribution is -0.384. The van der Waals surface area contributed by atoms with E-state index in [2.05, 4.69) is 18.6 Å². The highest BCUT2D eigenvalue weighted by Crippen LogP contribution is 2.36. The predicted molar refractivity (Wildman–Crippen MR) is 74.9 cm³/mol. The monoisotopic (exact) mass is 296 g/mol. The first-order chi connectivity index (χ1) is 9.85. The van der Waals surface area contributed by atoms with E-state index in [0.717, 1.165) is 13.2 Å². The van der Waals surface area contributed by atoms with Gasteiger partial charge in [0, 0.05) is 13.1 Å². The molecule has 0 amide bonds. The molecule has 0 aliphatic carbocycles. The maximum Gasteiger partial charge on any atom is 0.340 e. The first-order valence-corrected chi connectivity index (χ1v) is 6.66. The average Bonchev–Trinajstić information content (AvgIpc) is 2.77. The zero-order valence-electron chi connectivity index (χ0n) is 12.1. The van der Waals surface area contributed by atoms with Crippen molar-refractivity contribution in [2.45, 2.75) is 13.8 Å². The zero-order valence-corrected chi connectivity index (χ0v) is 12.1. The first-order valence-electron chi connectivity index (χ1n) is 6.66. The summed E-state index contributed by atoms with van der Waals surface area (Å²) in [4.78, 5) is 23.9. The second-order valence-electron chi connectivity index (χ2n) is 5.43. The molecule has 1 aromatic carbocycles.